The maximum absolute atomic E-state index is 12.6. The highest BCUT2D eigenvalue weighted by Gasteiger charge is 2.32. The summed E-state index contributed by atoms with van der Waals surface area (Å²) in [7, 11) is 0. The van der Waals surface area contributed by atoms with Gasteiger partial charge in [0.2, 0.25) is 0 Å². The van der Waals surface area contributed by atoms with Gasteiger partial charge in [0.05, 0.1) is 5.54 Å². The zero-order valence-electron chi connectivity index (χ0n) is 15.5. The third kappa shape index (κ3) is 3.41. The van der Waals surface area contributed by atoms with Crippen molar-refractivity contribution in [1.82, 2.24) is 15.1 Å². The topological polar surface area (TPSA) is 65.4 Å². The van der Waals surface area contributed by atoms with E-state index >= 15 is 0 Å². The lowest BCUT2D eigenvalue weighted by atomic mass is 10.1. The molecule has 2 aliphatic rings. The Bertz CT molecular complexity index is 831. The van der Waals surface area contributed by atoms with Crippen LogP contribution < -0.4 is 14.8 Å². The van der Waals surface area contributed by atoms with E-state index in [1.165, 1.54) is 18.5 Å². The monoisotopic (exact) mass is 355 g/mol. The first-order valence-corrected chi connectivity index (χ1v) is 9.19. The minimum atomic E-state index is -0.148. The normalized spacial score (nSPS) is 16.4. The molecule has 1 aromatic carbocycles. The van der Waals surface area contributed by atoms with E-state index in [0.29, 0.717) is 31.4 Å². The second-order valence-corrected chi connectivity index (χ2v) is 7.97. The van der Waals surface area contributed by atoms with Crippen molar-refractivity contribution >= 4 is 5.91 Å². The van der Waals surface area contributed by atoms with Crippen molar-refractivity contribution in [3.8, 4) is 11.5 Å². The van der Waals surface area contributed by atoms with Crippen LogP contribution in [0.4, 0.5) is 0 Å². The Hall–Kier alpha value is -2.50. The number of amides is 1. The first-order chi connectivity index (χ1) is 12.4. The van der Waals surface area contributed by atoms with Gasteiger partial charge in [0.25, 0.3) is 5.91 Å². The maximum Gasteiger partial charge on any atom is 0.272 e. The number of hydrogen-bond acceptors (Lipinski definition) is 4. The second-order valence-electron chi connectivity index (χ2n) is 7.97. The van der Waals surface area contributed by atoms with Crippen molar-refractivity contribution in [1.29, 1.82) is 0 Å². The maximum atomic E-state index is 12.6. The molecular weight excluding hydrogens is 330 g/mol. The summed E-state index contributed by atoms with van der Waals surface area (Å²) in [6.45, 7) is 7.89. The molecule has 6 heteroatoms. The van der Waals surface area contributed by atoms with E-state index in [4.69, 9.17) is 9.47 Å². The fourth-order valence-corrected chi connectivity index (χ4v) is 3.18. The summed E-state index contributed by atoms with van der Waals surface area (Å²) < 4.78 is 13.1. The molecule has 0 saturated heterocycles. The van der Waals surface area contributed by atoms with Crippen LogP contribution in [-0.4, -0.2) is 28.9 Å². The Morgan fingerprint density at radius 3 is 2.62 bits per heavy atom. The Balaban J connectivity index is 1.47. The standard InChI is InChI=1S/C20H25N3O3/c1-20(2,3)23-16(14-5-6-14)11-15(22-23)19(24)21-12-13-4-7-17-18(10-13)26-9-8-25-17/h4,7,10-11,14H,5-6,8-9,12H2,1-3H3,(H,21,24). The van der Waals surface area contributed by atoms with Gasteiger partial charge in [-0.05, 0) is 57.4 Å². The minimum absolute atomic E-state index is 0.133. The quantitative estimate of drug-likeness (QED) is 0.915. The van der Waals surface area contributed by atoms with Gasteiger partial charge in [-0.1, -0.05) is 6.07 Å². The van der Waals surface area contributed by atoms with Gasteiger partial charge in [-0.25, -0.2) is 0 Å². The van der Waals surface area contributed by atoms with Crippen LogP contribution in [0.2, 0.25) is 0 Å². The fourth-order valence-electron chi connectivity index (χ4n) is 3.18. The van der Waals surface area contributed by atoms with E-state index in [1.807, 2.05) is 28.9 Å². The van der Waals surface area contributed by atoms with Gasteiger partial charge >= 0.3 is 0 Å². The summed E-state index contributed by atoms with van der Waals surface area (Å²) in [6, 6.07) is 7.69. The van der Waals surface area contributed by atoms with E-state index in [1.54, 1.807) is 0 Å². The molecule has 1 saturated carbocycles. The van der Waals surface area contributed by atoms with Crippen LogP contribution in [0.3, 0.4) is 0 Å². The Morgan fingerprint density at radius 1 is 1.19 bits per heavy atom. The number of nitrogens with zero attached hydrogens (tertiary/aromatic N) is 2. The zero-order valence-corrected chi connectivity index (χ0v) is 15.5. The Kier molecular flexibility index (Phi) is 4.13. The Labute approximate surface area is 153 Å². The van der Waals surface area contributed by atoms with Gasteiger partial charge in [0.1, 0.15) is 18.9 Å². The van der Waals surface area contributed by atoms with Crippen molar-refractivity contribution in [2.75, 3.05) is 13.2 Å². The molecule has 1 aromatic heterocycles. The minimum Gasteiger partial charge on any atom is -0.486 e. The van der Waals surface area contributed by atoms with E-state index < -0.39 is 0 Å². The molecule has 1 aliphatic heterocycles. The average Bonchev–Trinajstić information content (AvgIpc) is 3.36. The number of hydrogen-bond donors (Lipinski definition) is 1. The lowest BCUT2D eigenvalue weighted by Gasteiger charge is -2.22. The number of ether oxygens (including phenoxy) is 2. The summed E-state index contributed by atoms with van der Waals surface area (Å²) in [6.07, 6.45) is 2.36. The molecule has 0 bridgehead atoms. The number of carbonyl (C=O) groups excluding carboxylic acids is 1. The first-order valence-electron chi connectivity index (χ1n) is 9.19. The second kappa shape index (κ2) is 6.34. The van der Waals surface area contributed by atoms with Crippen LogP contribution in [-0.2, 0) is 12.1 Å². The number of rotatable bonds is 4. The molecule has 0 atom stereocenters. The summed E-state index contributed by atoms with van der Waals surface area (Å²) in [5.74, 6) is 1.88. The molecular formula is C20H25N3O3. The fraction of sp³-hybridized carbons (Fsp3) is 0.500. The van der Waals surface area contributed by atoms with Crippen LogP contribution in [0, 0.1) is 0 Å². The van der Waals surface area contributed by atoms with Crippen LogP contribution >= 0.6 is 0 Å². The molecule has 0 radical (unpaired) electrons. The molecule has 6 nitrogen and oxygen atoms in total. The molecule has 26 heavy (non-hydrogen) atoms. The number of nitrogens with one attached hydrogen (secondary N) is 1. The molecule has 2 aromatic rings. The molecule has 138 valence electrons. The first kappa shape index (κ1) is 16.9. The van der Waals surface area contributed by atoms with Gasteiger partial charge < -0.3 is 14.8 Å². The molecule has 0 spiro atoms. The van der Waals surface area contributed by atoms with Crippen molar-refractivity contribution < 1.29 is 14.3 Å². The van der Waals surface area contributed by atoms with Crippen LogP contribution in [0.25, 0.3) is 0 Å². The van der Waals surface area contributed by atoms with Crippen LogP contribution in [0.1, 0.15) is 61.3 Å². The summed E-state index contributed by atoms with van der Waals surface area (Å²) >= 11 is 0. The smallest absolute Gasteiger partial charge is 0.272 e. The van der Waals surface area contributed by atoms with E-state index in [-0.39, 0.29) is 11.4 Å². The van der Waals surface area contributed by atoms with Crippen LogP contribution in [0.5, 0.6) is 11.5 Å². The molecule has 1 fully saturated rings. The number of fused-ring (bicyclic) bond motifs is 1. The van der Waals surface area contributed by atoms with Crippen molar-refractivity contribution in [2.45, 2.75) is 51.6 Å². The van der Waals surface area contributed by atoms with Gasteiger partial charge in [-0.3, -0.25) is 9.48 Å². The molecule has 2 heterocycles. The van der Waals surface area contributed by atoms with Gasteiger partial charge in [0, 0.05) is 18.2 Å². The predicted molar refractivity (Wildman–Crippen MR) is 97.8 cm³/mol. The van der Waals surface area contributed by atoms with Crippen molar-refractivity contribution in [3.05, 3.63) is 41.2 Å². The number of aromatic nitrogens is 2. The van der Waals surface area contributed by atoms with Gasteiger partial charge in [-0.15, -0.1) is 0 Å². The lowest BCUT2D eigenvalue weighted by molar-refractivity contribution is 0.0944. The highest BCUT2D eigenvalue weighted by atomic mass is 16.6. The third-order valence-electron chi connectivity index (χ3n) is 4.66. The molecule has 1 amide bonds. The SMILES string of the molecule is CC(C)(C)n1nc(C(=O)NCc2ccc3c(c2)OCCO3)cc1C1CC1. The van der Waals surface area contributed by atoms with Gasteiger partial charge in [0.15, 0.2) is 11.5 Å². The van der Waals surface area contributed by atoms with E-state index in [2.05, 4.69) is 31.2 Å². The highest BCUT2D eigenvalue weighted by molar-refractivity contribution is 5.92. The number of benzene rings is 1. The van der Waals surface area contributed by atoms with Crippen LogP contribution in [0.15, 0.2) is 24.3 Å². The van der Waals surface area contributed by atoms with Gasteiger partial charge in [-0.2, -0.15) is 5.10 Å². The summed E-state index contributed by atoms with van der Waals surface area (Å²) in [5, 5.41) is 7.55. The molecule has 1 aliphatic carbocycles. The number of carbonyl (C=O) groups is 1. The van der Waals surface area contributed by atoms with E-state index in [9.17, 15) is 4.79 Å². The average molecular weight is 355 g/mol. The van der Waals surface area contributed by atoms with Crippen molar-refractivity contribution in [2.24, 2.45) is 0 Å². The molecule has 0 unspecified atom stereocenters. The summed E-state index contributed by atoms with van der Waals surface area (Å²) in [4.78, 5) is 12.6. The molecule has 1 N–H and O–H groups in total. The molecule has 4 rings (SSSR count). The Morgan fingerprint density at radius 2 is 1.92 bits per heavy atom. The highest BCUT2D eigenvalue weighted by Crippen LogP contribution is 2.41. The zero-order chi connectivity index (χ0) is 18.3. The summed E-state index contributed by atoms with van der Waals surface area (Å²) in [5.41, 5.74) is 2.49. The largest absolute Gasteiger partial charge is 0.486 e. The third-order valence-corrected chi connectivity index (χ3v) is 4.66. The van der Waals surface area contributed by atoms with E-state index in [0.717, 1.165) is 17.1 Å². The lowest BCUT2D eigenvalue weighted by Crippen LogP contribution is -2.27. The predicted octanol–water partition coefficient (Wildman–Crippen LogP) is 3.22. The van der Waals surface area contributed by atoms with Crippen molar-refractivity contribution in [3.63, 3.8) is 0 Å².